The van der Waals surface area contributed by atoms with E-state index >= 15 is 0 Å². The van der Waals surface area contributed by atoms with Gasteiger partial charge in [0, 0.05) is 24.7 Å². The second kappa shape index (κ2) is 3.42. The Morgan fingerprint density at radius 2 is 2.07 bits per heavy atom. The Balaban J connectivity index is 2.05. The molecule has 4 heteroatoms. The molecule has 1 fully saturated rings. The van der Waals surface area contributed by atoms with Crippen LogP contribution in [0.1, 0.15) is 12.8 Å². The molecule has 3 heterocycles. The first-order valence-electron chi connectivity index (χ1n) is 5.23. The van der Waals surface area contributed by atoms with Crippen LogP contribution in [0, 0.1) is 0 Å². The van der Waals surface area contributed by atoms with Gasteiger partial charge in [0.25, 0.3) is 0 Å². The van der Waals surface area contributed by atoms with E-state index in [2.05, 4.69) is 14.9 Å². The van der Waals surface area contributed by atoms with E-state index in [1.165, 1.54) is 12.8 Å². The maximum absolute atomic E-state index is 6.00. The van der Waals surface area contributed by atoms with E-state index in [0.29, 0.717) is 0 Å². The van der Waals surface area contributed by atoms with Gasteiger partial charge in [-0.15, -0.1) is 0 Å². The number of hydrogen-bond acceptors (Lipinski definition) is 2. The molecule has 1 saturated heterocycles. The zero-order valence-electron chi connectivity index (χ0n) is 8.33. The SMILES string of the molecule is Clc1c[nH]c2nc(N3CCCC3)ccc12. The minimum Gasteiger partial charge on any atom is -0.357 e. The zero-order valence-corrected chi connectivity index (χ0v) is 9.09. The lowest BCUT2D eigenvalue weighted by Crippen LogP contribution is -2.18. The van der Waals surface area contributed by atoms with Crippen molar-refractivity contribution in [3.63, 3.8) is 0 Å². The van der Waals surface area contributed by atoms with Gasteiger partial charge in [-0.05, 0) is 25.0 Å². The molecule has 0 amide bonds. The number of hydrogen-bond donors (Lipinski definition) is 1. The first-order valence-corrected chi connectivity index (χ1v) is 5.61. The highest BCUT2D eigenvalue weighted by Crippen LogP contribution is 2.25. The summed E-state index contributed by atoms with van der Waals surface area (Å²) in [6, 6.07) is 4.09. The van der Waals surface area contributed by atoms with Gasteiger partial charge in [0.2, 0.25) is 0 Å². The summed E-state index contributed by atoms with van der Waals surface area (Å²) in [5, 5.41) is 1.74. The molecular weight excluding hydrogens is 210 g/mol. The van der Waals surface area contributed by atoms with Gasteiger partial charge in [0.15, 0.2) is 0 Å². The second-order valence-electron chi connectivity index (χ2n) is 3.90. The highest BCUT2D eigenvalue weighted by Gasteiger charge is 2.14. The molecule has 2 aromatic rings. The lowest BCUT2D eigenvalue weighted by Gasteiger charge is -2.15. The number of aromatic nitrogens is 2. The van der Waals surface area contributed by atoms with Crippen molar-refractivity contribution >= 4 is 28.5 Å². The topological polar surface area (TPSA) is 31.9 Å². The minimum absolute atomic E-state index is 0.741. The van der Waals surface area contributed by atoms with E-state index in [-0.39, 0.29) is 0 Å². The smallest absolute Gasteiger partial charge is 0.141 e. The molecule has 0 aromatic carbocycles. The third-order valence-corrected chi connectivity index (χ3v) is 3.22. The standard InChI is InChI=1S/C11H12ClN3/c12-9-7-13-11-8(9)3-4-10(14-11)15-5-1-2-6-15/h3-4,7H,1-2,5-6H2,(H,13,14). The van der Waals surface area contributed by atoms with E-state index in [1.807, 2.05) is 12.1 Å². The van der Waals surface area contributed by atoms with E-state index in [1.54, 1.807) is 6.20 Å². The second-order valence-corrected chi connectivity index (χ2v) is 4.30. The van der Waals surface area contributed by atoms with E-state index in [9.17, 15) is 0 Å². The number of halogens is 1. The van der Waals surface area contributed by atoms with Crippen LogP contribution >= 0.6 is 11.6 Å². The molecule has 0 bridgehead atoms. The molecule has 1 aliphatic rings. The van der Waals surface area contributed by atoms with Crippen molar-refractivity contribution in [2.24, 2.45) is 0 Å². The summed E-state index contributed by atoms with van der Waals surface area (Å²) in [5.74, 6) is 1.05. The Morgan fingerprint density at radius 1 is 1.27 bits per heavy atom. The molecule has 0 radical (unpaired) electrons. The van der Waals surface area contributed by atoms with Gasteiger partial charge >= 0.3 is 0 Å². The average molecular weight is 222 g/mol. The predicted octanol–water partition coefficient (Wildman–Crippen LogP) is 2.82. The van der Waals surface area contributed by atoms with Crippen LogP contribution < -0.4 is 4.90 Å². The van der Waals surface area contributed by atoms with E-state index in [4.69, 9.17) is 11.6 Å². The molecule has 0 saturated carbocycles. The average Bonchev–Trinajstić information content (AvgIpc) is 2.88. The Hall–Kier alpha value is -1.22. The van der Waals surface area contributed by atoms with Crippen molar-refractivity contribution in [2.45, 2.75) is 12.8 Å². The monoisotopic (exact) mass is 221 g/mol. The molecule has 0 spiro atoms. The summed E-state index contributed by atoms with van der Waals surface area (Å²) < 4.78 is 0. The minimum atomic E-state index is 0.741. The normalized spacial score (nSPS) is 16.5. The van der Waals surface area contributed by atoms with Gasteiger partial charge < -0.3 is 9.88 Å². The van der Waals surface area contributed by atoms with Crippen molar-refractivity contribution < 1.29 is 0 Å². The predicted molar refractivity (Wildman–Crippen MR) is 62.6 cm³/mol. The molecular formula is C11H12ClN3. The Morgan fingerprint density at radius 3 is 2.87 bits per heavy atom. The lowest BCUT2D eigenvalue weighted by atomic mass is 10.3. The van der Waals surface area contributed by atoms with Crippen molar-refractivity contribution in [2.75, 3.05) is 18.0 Å². The summed E-state index contributed by atoms with van der Waals surface area (Å²) in [5.41, 5.74) is 0.879. The number of pyridine rings is 1. The Kier molecular flexibility index (Phi) is 2.06. The van der Waals surface area contributed by atoms with Gasteiger partial charge in [-0.3, -0.25) is 0 Å². The summed E-state index contributed by atoms with van der Waals surface area (Å²) in [6.45, 7) is 2.24. The van der Waals surface area contributed by atoms with Crippen LogP contribution in [-0.4, -0.2) is 23.1 Å². The quantitative estimate of drug-likeness (QED) is 0.803. The molecule has 15 heavy (non-hydrogen) atoms. The number of fused-ring (bicyclic) bond motifs is 1. The van der Waals surface area contributed by atoms with Gasteiger partial charge in [-0.2, -0.15) is 0 Å². The number of rotatable bonds is 1. The third kappa shape index (κ3) is 1.47. The molecule has 1 aliphatic heterocycles. The fraction of sp³-hybridized carbons (Fsp3) is 0.364. The summed E-state index contributed by atoms with van der Waals surface area (Å²) in [7, 11) is 0. The number of nitrogens with one attached hydrogen (secondary N) is 1. The first-order chi connectivity index (χ1) is 7.34. The van der Waals surface area contributed by atoms with Crippen molar-refractivity contribution in [1.29, 1.82) is 0 Å². The number of nitrogens with zero attached hydrogens (tertiary/aromatic N) is 2. The zero-order chi connectivity index (χ0) is 10.3. The fourth-order valence-electron chi connectivity index (χ4n) is 2.08. The summed E-state index contributed by atoms with van der Waals surface area (Å²) >= 11 is 6.00. The van der Waals surface area contributed by atoms with E-state index < -0.39 is 0 Å². The molecule has 0 unspecified atom stereocenters. The number of H-pyrrole nitrogens is 1. The van der Waals surface area contributed by atoms with Crippen molar-refractivity contribution in [3.8, 4) is 0 Å². The highest BCUT2D eigenvalue weighted by atomic mass is 35.5. The van der Waals surface area contributed by atoms with Crippen LogP contribution in [0.2, 0.25) is 5.02 Å². The maximum atomic E-state index is 6.00. The highest BCUT2D eigenvalue weighted by molar-refractivity contribution is 6.35. The van der Waals surface area contributed by atoms with E-state index in [0.717, 1.165) is 35.0 Å². The Labute approximate surface area is 93.1 Å². The molecule has 0 aliphatic carbocycles. The first kappa shape index (κ1) is 9.04. The number of anilines is 1. The van der Waals surface area contributed by atoms with Crippen molar-refractivity contribution in [1.82, 2.24) is 9.97 Å². The van der Waals surface area contributed by atoms with Crippen LogP contribution in [0.4, 0.5) is 5.82 Å². The van der Waals surface area contributed by atoms with Crippen LogP contribution in [-0.2, 0) is 0 Å². The fourth-order valence-corrected chi connectivity index (χ4v) is 2.29. The molecule has 2 aromatic heterocycles. The molecule has 1 N–H and O–H groups in total. The molecule has 0 atom stereocenters. The number of aromatic amines is 1. The van der Waals surface area contributed by atoms with Crippen molar-refractivity contribution in [3.05, 3.63) is 23.4 Å². The molecule has 78 valence electrons. The van der Waals surface area contributed by atoms with Gasteiger partial charge in [-0.1, -0.05) is 11.6 Å². The van der Waals surface area contributed by atoms with Gasteiger partial charge in [0.1, 0.15) is 11.5 Å². The van der Waals surface area contributed by atoms with Crippen LogP contribution in [0.25, 0.3) is 11.0 Å². The third-order valence-electron chi connectivity index (χ3n) is 2.90. The van der Waals surface area contributed by atoms with Crippen LogP contribution in [0.15, 0.2) is 18.3 Å². The molecule has 3 nitrogen and oxygen atoms in total. The van der Waals surface area contributed by atoms with Crippen LogP contribution in [0.3, 0.4) is 0 Å². The summed E-state index contributed by atoms with van der Waals surface area (Å²) in [4.78, 5) is 9.96. The van der Waals surface area contributed by atoms with Gasteiger partial charge in [0.05, 0.1) is 5.02 Å². The van der Waals surface area contributed by atoms with Gasteiger partial charge in [-0.25, -0.2) is 4.98 Å². The lowest BCUT2D eigenvalue weighted by molar-refractivity contribution is 0.942. The largest absolute Gasteiger partial charge is 0.357 e. The summed E-state index contributed by atoms with van der Waals surface area (Å²) in [6.07, 6.45) is 4.32. The molecule has 3 rings (SSSR count). The maximum Gasteiger partial charge on any atom is 0.141 e. The Bertz CT molecular complexity index is 486. The van der Waals surface area contributed by atoms with Crippen LogP contribution in [0.5, 0.6) is 0 Å².